The molecule has 1 aliphatic carbocycles. The summed E-state index contributed by atoms with van der Waals surface area (Å²) in [5.74, 6) is 0.913. The number of carbonyl (C=O) groups excluding carboxylic acids is 2. The number of nitrogens with zero attached hydrogens (tertiary/aromatic N) is 2. The van der Waals surface area contributed by atoms with Crippen molar-refractivity contribution in [2.75, 3.05) is 5.75 Å². The molecule has 1 aliphatic rings. The van der Waals surface area contributed by atoms with Gasteiger partial charge in [-0.15, -0.1) is 10.2 Å². The summed E-state index contributed by atoms with van der Waals surface area (Å²) in [4.78, 5) is 23.9. The number of carbonyl (C=O) groups is 2. The molecule has 1 N–H and O–H groups in total. The summed E-state index contributed by atoms with van der Waals surface area (Å²) >= 11 is 1.19. The van der Waals surface area contributed by atoms with Crippen molar-refractivity contribution in [2.24, 2.45) is 0 Å². The molecule has 7 heteroatoms. The number of amides is 1. The fourth-order valence-corrected chi connectivity index (χ4v) is 2.86. The Balaban J connectivity index is 1.50. The summed E-state index contributed by atoms with van der Waals surface area (Å²) < 4.78 is 5.50. The molecule has 2 aromatic rings. The maximum Gasteiger partial charge on any atom is 0.277 e. The van der Waals surface area contributed by atoms with Crippen LogP contribution in [0.3, 0.4) is 0 Å². The van der Waals surface area contributed by atoms with Gasteiger partial charge in [0.25, 0.3) is 5.22 Å². The quantitative estimate of drug-likeness (QED) is 0.739. The van der Waals surface area contributed by atoms with Crippen LogP contribution in [0.1, 0.15) is 37.1 Å². The van der Waals surface area contributed by atoms with Crippen molar-refractivity contribution in [2.45, 2.75) is 43.4 Å². The Labute approximate surface area is 144 Å². The fraction of sp³-hybridized carbons (Fsp3) is 0.412. The van der Waals surface area contributed by atoms with E-state index in [0.29, 0.717) is 23.5 Å². The van der Waals surface area contributed by atoms with Gasteiger partial charge in [0.1, 0.15) is 0 Å². The molecule has 0 saturated heterocycles. The lowest BCUT2D eigenvalue weighted by molar-refractivity contribution is -0.125. The standard InChI is InChI=1S/C17H19N3O3S/c1-11(21)14(9-12-5-3-2-4-6-12)18-15(22)10-24-17-20-19-16(23-17)13-7-8-13/h2-6,13-14H,7-10H2,1H3,(H,18,22)/t14-/m0/s1. The van der Waals surface area contributed by atoms with Gasteiger partial charge in [-0.2, -0.15) is 0 Å². The number of ketones is 1. The topological polar surface area (TPSA) is 85.1 Å². The number of hydrogen-bond acceptors (Lipinski definition) is 6. The van der Waals surface area contributed by atoms with E-state index in [1.807, 2.05) is 30.3 Å². The zero-order valence-corrected chi connectivity index (χ0v) is 14.2. The molecule has 6 nitrogen and oxygen atoms in total. The van der Waals surface area contributed by atoms with Crippen LogP contribution < -0.4 is 5.32 Å². The third kappa shape index (κ3) is 4.67. The lowest BCUT2D eigenvalue weighted by Crippen LogP contribution is -2.42. The molecular formula is C17H19N3O3S. The summed E-state index contributed by atoms with van der Waals surface area (Å²) in [6, 6.07) is 9.10. The molecule has 1 amide bonds. The van der Waals surface area contributed by atoms with Crippen molar-refractivity contribution in [1.82, 2.24) is 15.5 Å². The molecule has 126 valence electrons. The molecule has 1 saturated carbocycles. The highest BCUT2D eigenvalue weighted by Gasteiger charge is 2.29. The van der Waals surface area contributed by atoms with Gasteiger partial charge in [-0.1, -0.05) is 42.1 Å². The van der Waals surface area contributed by atoms with Crippen LogP contribution in [0.15, 0.2) is 40.0 Å². The van der Waals surface area contributed by atoms with Crippen LogP contribution in [0.5, 0.6) is 0 Å². The third-order valence-electron chi connectivity index (χ3n) is 3.78. The first-order valence-electron chi connectivity index (χ1n) is 7.92. The Hall–Kier alpha value is -2.15. The number of benzene rings is 1. The van der Waals surface area contributed by atoms with E-state index in [4.69, 9.17) is 4.42 Å². The molecule has 0 aliphatic heterocycles. The Morgan fingerprint density at radius 1 is 1.29 bits per heavy atom. The van der Waals surface area contributed by atoms with Crippen LogP contribution in [0.25, 0.3) is 0 Å². The number of rotatable bonds is 8. The lowest BCUT2D eigenvalue weighted by Gasteiger charge is -2.15. The van der Waals surface area contributed by atoms with Crippen LogP contribution in [-0.4, -0.2) is 33.7 Å². The Kier molecular flexibility index (Phi) is 5.30. The van der Waals surface area contributed by atoms with Crippen molar-refractivity contribution < 1.29 is 14.0 Å². The highest BCUT2D eigenvalue weighted by Crippen LogP contribution is 2.39. The van der Waals surface area contributed by atoms with Gasteiger partial charge in [-0.25, -0.2) is 0 Å². The zero-order chi connectivity index (χ0) is 16.9. The molecule has 1 aromatic heterocycles. The Morgan fingerprint density at radius 3 is 2.71 bits per heavy atom. The smallest absolute Gasteiger partial charge is 0.277 e. The van der Waals surface area contributed by atoms with E-state index in [9.17, 15) is 9.59 Å². The van der Waals surface area contributed by atoms with Gasteiger partial charge >= 0.3 is 0 Å². The lowest BCUT2D eigenvalue weighted by atomic mass is 10.0. The van der Waals surface area contributed by atoms with E-state index >= 15 is 0 Å². The van der Waals surface area contributed by atoms with E-state index in [0.717, 1.165) is 18.4 Å². The van der Waals surface area contributed by atoms with Crippen LogP contribution in [0, 0.1) is 0 Å². The SMILES string of the molecule is CC(=O)[C@H](Cc1ccccc1)NC(=O)CSc1nnc(C2CC2)o1. The second kappa shape index (κ2) is 7.61. The molecule has 0 spiro atoms. The summed E-state index contributed by atoms with van der Waals surface area (Å²) in [6.07, 6.45) is 2.66. The van der Waals surface area contributed by atoms with Crippen molar-refractivity contribution in [3.63, 3.8) is 0 Å². The summed E-state index contributed by atoms with van der Waals surface area (Å²) in [6.45, 7) is 1.49. The van der Waals surface area contributed by atoms with Gasteiger partial charge in [0, 0.05) is 5.92 Å². The molecule has 0 radical (unpaired) electrons. The first-order valence-corrected chi connectivity index (χ1v) is 8.90. The number of aromatic nitrogens is 2. The Morgan fingerprint density at radius 2 is 2.04 bits per heavy atom. The van der Waals surface area contributed by atoms with Gasteiger partial charge in [-0.3, -0.25) is 9.59 Å². The van der Waals surface area contributed by atoms with Gasteiger partial charge < -0.3 is 9.73 Å². The van der Waals surface area contributed by atoms with Crippen molar-refractivity contribution >= 4 is 23.5 Å². The monoisotopic (exact) mass is 345 g/mol. The average molecular weight is 345 g/mol. The van der Waals surface area contributed by atoms with Crippen molar-refractivity contribution in [1.29, 1.82) is 0 Å². The zero-order valence-electron chi connectivity index (χ0n) is 13.4. The van der Waals surface area contributed by atoms with Crippen LogP contribution in [0.4, 0.5) is 0 Å². The largest absolute Gasteiger partial charge is 0.416 e. The molecule has 1 fully saturated rings. The molecule has 3 rings (SSSR count). The highest BCUT2D eigenvalue weighted by molar-refractivity contribution is 7.99. The predicted molar refractivity (Wildman–Crippen MR) is 89.8 cm³/mol. The third-order valence-corrected chi connectivity index (χ3v) is 4.60. The molecule has 1 aromatic carbocycles. The minimum absolute atomic E-state index is 0.0639. The fourth-order valence-electron chi connectivity index (χ4n) is 2.28. The van der Waals surface area contributed by atoms with Gasteiger partial charge in [-0.05, 0) is 31.7 Å². The Bertz CT molecular complexity index is 713. The minimum atomic E-state index is -0.523. The van der Waals surface area contributed by atoms with E-state index in [2.05, 4.69) is 15.5 Å². The van der Waals surface area contributed by atoms with Gasteiger partial charge in [0.2, 0.25) is 11.8 Å². The molecular weight excluding hydrogens is 326 g/mol. The maximum absolute atomic E-state index is 12.1. The van der Waals surface area contributed by atoms with Crippen molar-refractivity contribution in [3.8, 4) is 0 Å². The van der Waals surface area contributed by atoms with Crippen molar-refractivity contribution in [3.05, 3.63) is 41.8 Å². The summed E-state index contributed by atoms with van der Waals surface area (Å²) in [5, 5.41) is 11.1. The highest BCUT2D eigenvalue weighted by atomic mass is 32.2. The summed E-state index contributed by atoms with van der Waals surface area (Å²) in [7, 11) is 0. The molecule has 1 heterocycles. The summed E-state index contributed by atoms with van der Waals surface area (Å²) in [5.41, 5.74) is 1.01. The van der Waals surface area contributed by atoms with E-state index in [-0.39, 0.29) is 17.4 Å². The van der Waals surface area contributed by atoms with E-state index in [1.54, 1.807) is 0 Å². The molecule has 0 bridgehead atoms. The van der Waals surface area contributed by atoms with Crippen LogP contribution in [-0.2, 0) is 16.0 Å². The number of thioether (sulfide) groups is 1. The molecule has 0 unspecified atom stereocenters. The predicted octanol–water partition coefficient (Wildman–Crippen LogP) is 2.36. The second-order valence-corrected chi connectivity index (χ2v) is 6.82. The maximum atomic E-state index is 12.1. The number of hydrogen-bond donors (Lipinski definition) is 1. The molecule has 1 atom stereocenters. The normalized spacial score (nSPS) is 15.0. The van der Waals surface area contributed by atoms with E-state index in [1.165, 1.54) is 18.7 Å². The first kappa shape index (κ1) is 16.7. The van der Waals surface area contributed by atoms with Gasteiger partial charge in [0.15, 0.2) is 5.78 Å². The van der Waals surface area contributed by atoms with Crippen LogP contribution >= 0.6 is 11.8 Å². The number of Topliss-reactive ketones (excluding diaryl/α,β-unsaturated/α-hetero) is 1. The molecule has 24 heavy (non-hydrogen) atoms. The minimum Gasteiger partial charge on any atom is -0.416 e. The van der Waals surface area contributed by atoms with Crippen LogP contribution in [0.2, 0.25) is 0 Å². The van der Waals surface area contributed by atoms with Gasteiger partial charge in [0.05, 0.1) is 11.8 Å². The second-order valence-electron chi connectivity index (χ2n) is 5.89. The first-order chi connectivity index (χ1) is 11.6. The van der Waals surface area contributed by atoms with E-state index < -0.39 is 6.04 Å². The average Bonchev–Trinajstić information content (AvgIpc) is 3.32. The number of nitrogens with one attached hydrogen (secondary N) is 1.